The van der Waals surface area contributed by atoms with Gasteiger partial charge < -0.3 is 10.6 Å². The SMILES string of the molecule is Cn1nccc1C(=O)NCC1CCCNC1. The number of carbonyl (C=O) groups excluding carboxylic acids is 1. The number of nitrogens with zero attached hydrogens (tertiary/aromatic N) is 2. The topological polar surface area (TPSA) is 59.0 Å². The Bertz CT molecular complexity index is 355. The van der Waals surface area contributed by atoms with Crippen molar-refractivity contribution in [3.8, 4) is 0 Å². The maximum Gasteiger partial charge on any atom is 0.269 e. The molecule has 0 aromatic carbocycles. The van der Waals surface area contributed by atoms with Gasteiger partial charge in [0.15, 0.2) is 0 Å². The standard InChI is InChI=1S/C11H18N4O/c1-15-10(4-6-14-15)11(16)13-8-9-3-2-5-12-7-9/h4,6,9,12H,2-3,5,7-8H2,1H3,(H,13,16). The summed E-state index contributed by atoms with van der Waals surface area (Å²) in [6.45, 7) is 2.86. The van der Waals surface area contributed by atoms with Crippen LogP contribution in [0.1, 0.15) is 23.3 Å². The zero-order valence-corrected chi connectivity index (χ0v) is 9.57. The highest BCUT2D eigenvalue weighted by molar-refractivity contribution is 5.92. The molecule has 1 fully saturated rings. The van der Waals surface area contributed by atoms with Crippen LogP contribution in [-0.4, -0.2) is 35.3 Å². The second-order valence-corrected chi connectivity index (χ2v) is 4.26. The highest BCUT2D eigenvalue weighted by Gasteiger charge is 2.15. The van der Waals surface area contributed by atoms with Crippen LogP contribution in [0.15, 0.2) is 12.3 Å². The van der Waals surface area contributed by atoms with Gasteiger partial charge >= 0.3 is 0 Å². The van der Waals surface area contributed by atoms with E-state index in [-0.39, 0.29) is 5.91 Å². The molecule has 1 aliphatic heterocycles. The number of carbonyl (C=O) groups is 1. The molecule has 0 saturated carbocycles. The fourth-order valence-corrected chi connectivity index (χ4v) is 2.02. The van der Waals surface area contributed by atoms with E-state index in [1.807, 2.05) is 0 Å². The fraction of sp³-hybridized carbons (Fsp3) is 0.636. The molecule has 88 valence electrons. The molecule has 0 aliphatic carbocycles. The molecule has 1 atom stereocenters. The second kappa shape index (κ2) is 5.12. The highest BCUT2D eigenvalue weighted by atomic mass is 16.2. The van der Waals surface area contributed by atoms with E-state index in [0.717, 1.165) is 19.6 Å². The Morgan fingerprint density at radius 2 is 2.62 bits per heavy atom. The Morgan fingerprint density at radius 1 is 1.75 bits per heavy atom. The second-order valence-electron chi connectivity index (χ2n) is 4.26. The first-order valence-electron chi connectivity index (χ1n) is 5.74. The fourth-order valence-electron chi connectivity index (χ4n) is 2.02. The monoisotopic (exact) mass is 222 g/mol. The Kier molecular flexibility index (Phi) is 3.56. The minimum absolute atomic E-state index is 0.0365. The van der Waals surface area contributed by atoms with Crippen molar-refractivity contribution in [2.24, 2.45) is 13.0 Å². The third kappa shape index (κ3) is 2.61. The predicted molar refractivity (Wildman–Crippen MR) is 61.1 cm³/mol. The van der Waals surface area contributed by atoms with E-state index >= 15 is 0 Å². The number of nitrogens with one attached hydrogen (secondary N) is 2. The van der Waals surface area contributed by atoms with E-state index in [0.29, 0.717) is 11.6 Å². The lowest BCUT2D eigenvalue weighted by molar-refractivity contribution is 0.0935. The lowest BCUT2D eigenvalue weighted by Crippen LogP contribution is -2.38. The Morgan fingerprint density at radius 3 is 3.25 bits per heavy atom. The molecule has 1 aliphatic rings. The number of amides is 1. The number of hydrogen-bond donors (Lipinski definition) is 2. The number of hydrogen-bond acceptors (Lipinski definition) is 3. The van der Waals surface area contributed by atoms with Crippen molar-refractivity contribution >= 4 is 5.91 Å². The molecule has 1 saturated heterocycles. The van der Waals surface area contributed by atoms with Crippen LogP contribution in [0.5, 0.6) is 0 Å². The zero-order valence-electron chi connectivity index (χ0n) is 9.57. The lowest BCUT2D eigenvalue weighted by Gasteiger charge is -2.22. The van der Waals surface area contributed by atoms with Gasteiger partial charge in [-0.2, -0.15) is 5.10 Å². The van der Waals surface area contributed by atoms with E-state index < -0.39 is 0 Å². The van der Waals surface area contributed by atoms with Crippen LogP contribution >= 0.6 is 0 Å². The van der Waals surface area contributed by atoms with Crippen molar-refractivity contribution in [1.82, 2.24) is 20.4 Å². The third-order valence-corrected chi connectivity index (χ3v) is 3.00. The number of aromatic nitrogens is 2. The first-order chi connectivity index (χ1) is 7.77. The predicted octanol–water partition coefficient (Wildman–Crippen LogP) is 0.150. The van der Waals surface area contributed by atoms with Gasteiger partial charge in [-0.25, -0.2) is 0 Å². The maximum atomic E-state index is 11.8. The Labute approximate surface area is 95.2 Å². The molecule has 0 radical (unpaired) electrons. The van der Waals surface area contributed by atoms with Gasteiger partial charge in [0.25, 0.3) is 5.91 Å². The van der Waals surface area contributed by atoms with Gasteiger partial charge in [-0.15, -0.1) is 0 Å². The molecule has 1 aromatic rings. The molecule has 0 bridgehead atoms. The number of aryl methyl sites for hydroxylation is 1. The molecule has 2 rings (SSSR count). The van der Waals surface area contributed by atoms with Gasteiger partial charge in [0.1, 0.15) is 5.69 Å². The van der Waals surface area contributed by atoms with Crippen molar-refractivity contribution in [3.63, 3.8) is 0 Å². The molecule has 2 heterocycles. The highest BCUT2D eigenvalue weighted by Crippen LogP contribution is 2.08. The van der Waals surface area contributed by atoms with Crippen molar-refractivity contribution in [2.45, 2.75) is 12.8 Å². The van der Waals surface area contributed by atoms with Crippen LogP contribution in [0, 0.1) is 5.92 Å². The van der Waals surface area contributed by atoms with Gasteiger partial charge in [-0.1, -0.05) is 0 Å². The minimum Gasteiger partial charge on any atom is -0.350 e. The smallest absolute Gasteiger partial charge is 0.269 e. The summed E-state index contributed by atoms with van der Waals surface area (Å²) >= 11 is 0. The van der Waals surface area contributed by atoms with Gasteiger partial charge in [0.05, 0.1) is 0 Å². The third-order valence-electron chi connectivity index (χ3n) is 3.00. The van der Waals surface area contributed by atoms with Crippen molar-refractivity contribution in [2.75, 3.05) is 19.6 Å². The molecular formula is C11H18N4O. The zero-order chi connectivity index (χ0) is 11.4. The van der Waals surface area contributed by atoms with Crippen LogP contribution in [0.4, 0.5) is 0 Å². The van der Waals surface area contributed by atoms with Crippen LogP contribution in [0.3, 0.4) is 0 Å². The quantitative estimate of drug-likeness (QED) is 0.765. The molecule has 5 nitrogen and oxygen atoms in total. The van der Waals surface area contributed by atoms with Crippen molar-refractivity contribution in [3.05, 3.63) is 18.0 Å². The molecule has 5 heteroatoms. The Balaban J connectivity index is 1.81. The van der Waals surface area contributed by atoms with E-state index in [2.05, 4.69) is 15.7 Å². The van der Waals surface area contributed by atoms with E-state index in [9.17, 15) is 4.79 Å². The van der Waals surface area contributed by atoms with Crippen molar-refractivity contribution in [1.29, 1.82) is 0 Å². The van der Waals surface area contributed by atoms with Gasteiger partial charge in [-0.05, 0) is 37.9 Å². The normalized spacial score (nSPS) is 20.7. The molecule has 2 N–H and O–H groups in total. The molecule has 0 spiro atoms. The maximum absolute atomic E-state index is 11.8. The summed E-state index contributed by atoms with van der Waals surface area (Å²) in [5.74, 6) is 0.525. The van der Waals surface area contributed by atoms with E-state index in [1.54, 1.807) is 24.0 Å². The summed E-state index contributed by atoms with van der Waals surface area (Å²) in [7, 11) is 1.77. The first kappa shape index (κ1) is 11.1. The average Bonchev–Trinajstić information content (AvgIpc) is 2.74. The summed E-state index contributed by atoms with van der Waals surface area (Å²) in [4.78, 5) is 11.8. The summed E-state index contributed by atoms with van der Waals surface area (Å²) < 4.78 is 1.59. The number of rotatable bonds is 3. The van der Waals surface area contributed by atoms with Crippen LogP contribution in [0.25, 0.3) is 0 Å². The summed E-state index contributed by atoms with van der Waals surface area (Å²) in [5, 5.41) is 10.3. The molecule has 16 heavy (non-hydrogen) atoms. The van der Waals surface area contributed by atoms with Crippen molar-refractivity contribution < 1.29 is 4.79 Å². The van der Waals surface area contributed by atoms with E-state index in [1.165, 1.54) is 12.8 Å². The molecule has 1 aromatic heterocycles. The first-order valence-corrected chi connectivity index (χ1v) is 5.74. The average molecular weight is 222 g/mol. The molecule has 1 amide bonds. The van der Waals surface area contributed by atoms with Gasteiger partial charge in [0, 0.05) is 19.8 Å². The summed E-state index contributed by atoms with van der Waals surface area (Å²) in [6, 6.07) is 1.73. The molecular weight excluding hydrogens is 204 g/mol. The summed E-state index contributed by atoms with van der Waals surface area (Å²) in [6.07, 6.45) is 4.03. The Hall–Kier alpha value is -1.36. The number of piperidine rings is 1. The summed E-state index contributed by atoms with van der Waals surface area (Å²) in [5.41, 5.74) is 0.615. The van der Waals surface area contributed by atoms with Gasteiger partial charge in [0.2, 0.25) is 0 Å². The molecule has 1 unspecified atom stereocenters. The van der Waals surface area contributed by atoms with Crippen LogP contribution < -0.4 is 10.6 Å². The van der Waals surface area contributed by atoms with Gasteiger partial charge in [-0.3, -0.25) is 9.48 Å². The van der Waals surface area contributed by atoms with E-state index in [4.69, 9.17) is 0 Å². The largest absolute Gasteiger partial charge is 0.350 e. The lowest BCUT2D eigenvalue weighted by atomic mass is 10.00. The van der Waals surface area contributed by atoms with Crippen LogP contribution in [-0.2, 0) is 7.05 Å². The minimum atomic E-state index is -0.0365. The van der Waals surface area contributed by atoms with Crippen LogP contribution in [0.2, 0.25) is 0 Å².